The highest BCUT2D eigenvalue weighted by Crippen LogP contribution is 2.40. The lowest BCUT2D eigenvalue weighted by molar-refractivity contribution is -0.143. The van der Waals surface area contributed by atoms with Gasteiger partial charge in [-0.2, -0.15) is 26.3 Å². The summed E-state index contributed by atoms with van der Waals surface area (Å²) in [6.07, 6.45) is -2.36. The van der Waals surface area contributed by atoms with Crippen LogP contribution >= 0.6 is 11.8 Å². The van der Waals surface area contributed by atoms with E-state index in [1.807, 2.05) is 30.5 Å². The number of benzene rings is 2. The van der Waals surface area contributed by atoms with Crippen LogP contribution in [-0.4, -0.2) is 20.8 Å². The fraction of sp³-hybridized carbons (Fsp3) is 0.130. The second-order valence-electron chi connectivity index (χ2n) is 7.04. The molecule has 0 N–H and O–H groups in total. The van der Waals surface area contributed by atoms with Crippen LogP contribution in [0, 0.1) is 0 Å². The van der Waals surface area contributed by atoms with Crippen molar-refractivity contribution in [3.05, 3.63) is 84.6 Å². The Bertz CT molecular complexity index is 1260. The molecule has 4 rings (SSSR count). The van der Waals surface area contributed by atoms with Crippen LogP contribution in [0.1, 0.15) is 11.1 Å². The Morgan fingerprint density at radius 2 is 1.45 bits per heavy atom. The molecular weight excluding hydrogens is 464 g/mol. The Hall–Kier alpha value is -3.27. The van der Waals surface area contributed by atoms with Gasteiger partial charge in [-0.1, -0.05) is 18.2 Å². The molecule has 2 aromatic carbocycles. The van der Waals surface area contributed by atoms with Crippen molar-refractivity contribution in [3.8, 4) is 28.1 Å². The highest BCUT2D eigenvalue weighted by Gasteiger charge is 2.37. The minimum absolute atomic E-state index is 0.0717. The van der Waals surface area contributed by atoms with Gasteiger partial charge in [0, 0.05) is 22.2 Å². The van der Waals surface area contributed by atoms with E-state index >= 15 is 0 Å². The molecule has 170 valence electrons. The number of thioether (sulfide) groups is 1. The molecule has 0 atom stereocenters. The predicted molar refractivity (Wildman–Crippen MR) is 114 cm³/mol. The second-order valence-corrected chi connectivity index (χ2v) is 7.88. The first-order valence-corrected chi connectivity index (χ1v) is 10.7. The number of rotatable bonds is 4. The van der Waals surface area contributed by atoms with Gasteiger partial charge in [-0.05, 0) is 42.2 Å². The lowest BCUT2D eigenvalue weighted by Gasteiger charge is -2.17. The van der Waals surface area contributed by atoms with Crippen molar-refractivity contribution in [1.82, 2.24) is 14.5 Å². The van der Waals surface area contributed by atoms with Crippen LogP contribution in [-0.2, 0) is 12.4 Å². The summed E-state index contributed by atoms with van der Waals surface area (Å²) in [6.45, 7) is 0. The molecule has 3 nitrogen and oxygen atoms in total. The third kappa shape index (κ3) is 4.61. The van der Waals surface area contributed by atoms with Gasteiger partial charge in [-0.25, -0.2) is 4.98 Å². The first-order valence-electron chi connectivity index (χ1n) is 9.49. The molecule has 0 saturated heterocycles. The summed E-state index contributed by atoms with van der Waals surface area (Å²) in [5, 5.41) is 0. The third-order valence-corrected chi connectivity index (χ3v) is 5.77. The Kier molecular flexibility index (Phi) is 5.96. The molecule has 0 unspecified atom stereocenters. The van der Waals surface area contributed by atoms with E-state index in [0.29, 0.717) is 23.4 Å². The molecule has 10 heteroatoms. The Morgan fingerprint density at radius 3 is 2.09 bits per heavy atom. The van der Waals surface area contributed by atoms with Gasteiger partial charge in [-0.3, -0.25) is 9.55 Å². The summed E-state index contributed by atoms with van der Waals surface area (Å²) in [5.74, 6) is 0. The minimum atomic E-state index is -4.95. The maximum atomic E-state index is 13.4. The molecule has 0 amide bonds. The Morgan fingerprint density at radius 1 is 0.788 bits per heavy atom. The van der Waals surface area contributed by atoms with E-state index < -0.39 is 23.5 Å². The summed E-state index contributed by atoms with van der Waals surface area (Å²) >= 11 is 1.51. The summed E-state index contributed by atoms with van der Waals surface area (Å²) in [6, 6.07) is 10.7. The third-order valence-electron chi connectivity index (χ3n) is 4.98. The van der Waals surface area contributed by atoms with Crippen molar-refractivity contribution in [2.45, 2.75) is 17.2 Å². The molecule has 0 fully saturated rings. The van der Waals surface area contributed by atoms with E-state index in [9.17, 15) is 26.3 Å². The van der Waals surface area contributed by atoms with Gasteiger partial charge in [0.05, 0.1) is 41.2 Å². The normalized spacial score (nSPS) is 12.2. The van der Waals surface area contributed by atoms with Crippen molar-refractivity contribution >= 4 is 11.8 Å². The molecule has 0 aliphatic carbocycles. The molecule has 0 aliphatic rings. The lowest BCUT2D eigenvalue weighted by atomic mass is 10.0. The zero-order chi connectivity index (χ0) is 23.8. The number of hydrogen-bond acceptors (Lipinski definition) is 3. The molecule has 0 bridgehead atoms. The fourth-order valence-corrected chi connectivity index (χ4v) is 4.09. The summed E-state index contributed by atoms with van der Waals surface area (Å²) in [4.78, 5) is 9.07. The molecule has 0 saturated carbocycles. The van der Waals surface area contributed by atoms with Crippen molar-refractivity contribution in [2.75, 3.05) is 6.26 Å². The van der Waals surface area contributed by atoms with E-state index in [1.54, 1.807) is 12.3 Å². The van der Waals surface area contributed by atoms with Gasteiger partial charge in [-0.15, -0.1) is 11.8 Å². The first kappa shape index (κ1) is 22.9. The monoisotopic (exact) mass is 479 g/mol. The van der Waals surface area contributed by atoms with Crippen LogP contribution in [0.4, 0.5) is 26.3 Å². The number of halogens is 6. The number of imidazole rings is 1. The summed E-state index contributed by atoms with van der Waals surface area (Å²) < 4.78 is 81.6. The topological polar surface area (TPSA) is 30.7 Å². The van der Waals surface area contributed by atoms with Crippen LogP contribution in [0.25, 0.3) is 28.1 Å². The fourth-order valence-electron chi connectivity index (χ4n) is 3.48. The molecule has 0 radical (unpaired) electrons. The SMILES string of the molecule is CSc1ccccc1-c1ccncc1-n1cncc1-c1cc(C(F)(F)F)cc(C(F)(F)F)c1. The first-order chi connectivity index (χ1) is 15.6. The van der Waals surface area contributed by atoms with Crippen LogP contribution in [0.3, 0.4) is 0 Å². The van der Waals surface area contributed by atoms with Crippen molar-refractivity contribution < 1.29 is 26.3 Å². The average molecular weight is 479 g/mol. The quantitative estimate of drug-likeness (QED) is 0.226. The molecule has 0 spiro atoms. The predicted octanol–water partition coefficient (Wildman–Crippen LogP) is 7.36. The number of alkyl halides is 6. The van der Waals surface area contributed by atoms with E-state index in [4.69, 9.17) is 0 Å². The Balaban J connectivity index is 1.93. The number of aromatic nitrogens is 3. The average Bonchev–Trinajstić information content (AvgIpc) is 3.27. The largest absolute Gasteiger partial charge is 0.416 e. The maximum absolute atomic E-state index is 13.4. The van der Waals surface area contributed by atoms with Crippen LogP contribution in [0.15, 0.2) is 78.3 Å². The highest BCUT2D eigenvalue weighted by atomic mass is 32.2. The zero-order valence-electron chi connectivity index (χ0n) is 16.9. The van der Waals surface area contributed by atoms with Crippen molar-refractivity contribution in [1.29, 1.82) is 0 Å². The lowest BCUT2D eigenvalue weighted by Crippen LogP contribution is -2.11. The van der Waals surface area contributed by atoms with E-state index in [-0.39, 0.29) is 17.3 Å². The minimum Gasteiger partial charge on any atom is -0.297 e. The van der Waals surface area contributed by atoms with E-state index in [1.165, 1.54) is 35.0 Å². The van der Waals surface area contributed by atoms with E-state index in [2.05, 4.69) is 9.97 Å². The van der Waals surface area contributed by atoms with Gasteiger partial charge in [0.15, 0.2) is 0 Å². The number of nitrogens with zero attached hydrogens (tertiary/aromatic N) is 3. The van der Waals surface area contributed by atoms with Crippen molar-refractivity contribution in [2.24, 2.45) is 0 Å². The molecule has 0 aliphatic heterocycles. The van der Waals surface area contributed by atoms with Crippen LogP contribution in [0.2, 0.25) is 0 Å². The van der Waals surface area contributed by atoms with Gasteiger partial charge in [0.1, 0.15) is 0 Å². The summed E-state index contributed by atoms with van der Waals surface area (Å²) in [5.41, 5.74) is -0.944. The van der Waals surface area contributed by atoms with Gasteiger partial charge in [0.25, 0.3) is 0 Å². The maximum Gasteiger partial charge on any atom is 0.416 e. The number of hydrogen-bond donors (Lipinski definition) is 0. The molecule has 2 aromatic heterocycles. The molecule has 33 heavy (non-hydrogen) atoms. The highest BCUT2D eigenvalue weighted by molar-refractivity contribution is 7.98. The summed E-state index contributed by atoms with van der Waals surface area (Å²) in [7, 11) is 0. The smallest absolute Gasteiger partial charge is 0.297 e. The van der Waals surface area contributed by atoms with Crippen molar-refractivity contribution in [3.63, 3.8) is 0 Å². The van der Waals surface area contributed by atoms with E-state index in [0.717, 1.165) is 10.5 Å². The molecule has 2 heterocycles. The number of pyridine rings is 1. The zero-order valence-corrected chi connectivity index (χ0v) is 17.8. The second kappa shape index (κ2) is 8.58. The molecule has 4 aromatic rings. The van der Waals surface area contributed by atoms with Gasteiger partial charge < -0.3 is 0 Å². The van der Waals surface area contributed by atoms with Crippen LogP contribution in [0.5, 0.6) is 0 Å². The van der Waals surface area contributed by atoms with Gasteiger partial charge in [0.2, 0.25) is 0 Å². The molecular formula is C23H15F6N3S. The van der Waals surface area contributed by atoms with Gasteiger partial charge >= 0.3 is 12.4 Å². The standard InChI is InChI=1S/C23H15F6N3S/c1-33-21-5-3-2-4-18(21)17-6-7-30-12-20(17)32-13-31-11-19(32)14-8-15(22(24,25)26)10-16(9-14)23(27,28)29/h2-13H,1H3. The Labute approximate surface area is 189 Å². The van der Waals surface area contributed by atoms with Crippen LogP contribution < -0.4 is 0 Å².